The van der Waals surface area contributed by atoms with Crippen molar-refractivity contribution in [1.29, 1.82) is 0 Å². The number of rotatable bonds is 5. The van der Waals surface area contributed by atoms with Crippen molar-refractivity contribution in [3.05, 3.63) is 87.3 Å². The molecule has 0 unspecified atom stereocenters. The van der Waals surface area contributed by atoms with Gasteiger partial charge in [-0.3, -0.25) is 19.7 Å². The lowest BCUT2D eigenvalue weighted by Gasteiger charge is -2.08. The molecule has 0 bridgehead atoms. The normalized spacial score (nSPS) is 10.3. The average Bonchev–Trinajstić information content (AvgIpc) is 3.06. The minimum Gasteiger partial charge on any atom is -0.453 e. The van der Waals surface area contributed by atoms with Crippen LogP contribution in [0.2, 0.25) is 0 Å². The van der Waals surface area contributed by atoms with E-state index in [0.717, 1.165) is 12.0 Å². The summed E-state index contributed by atoms with van der Waals surface area (Å²) in [6.45, 7) is 3.55. The molecule has 0 aliphatic rings. The molecule has 0 spiro atoms. The molecule has 31 heavy (non-hydrogen) atoms. The SMILES string of the molecule is COC(=O)NC(=O)c1c(NC(=O)c2ccc(C(=O)c3ccccc3)cc2)sc(C)c1C. The van der Waals surface area contributed by atoms with Crippen LogP contribution < -0.4 is 10.6 Å². The third kappa shape index (κ3) is 4.87. The molecule has 3 amide bonds. The van der Waals surface area contributed by atoms with Crippen LogP contribution in [0.25, 0.3) is 0 Å². The van der Waals surface area contributed by atoms with Gasteiger partial charge in [-0.05, 0) is 31.5 Å². The fourth-order valence-electron chi connectivity index (χ4n) is 2.90. The van der Waals surface area contributed by atoms with Crippen molar-refractivity contribution >= 4 is 40.0 Å². The molecule has 3 rings (SSSR count). The molecular weight excluding hydrogens is 416 g/mol. The quantitative estimate of drug-likeness (QED) is 0.579. The van der Waals surface area contributed by atoms with E-state index in [1.807, 2.05) is 13.0 Å². The number of benzene rings is 2. The molecule has 2 N–H and O–H groups in total. The summed E-state index contributed by atoms with van der Waals surface area (Å²) >= 11 is 1.23. The standard InChI is InChI=1S/C23H20N2O5S/c1-13-14(2)31-22(18(13)21(28)25-23(29)30-3)24-20(27)17-11-9-16(10-12-17)19(26)15-7-5-4-6-8-15/h4-12H,1-3H3,(H,24,27)(H,25,28,29). The summed E-state index contributed by atoms with van der Waals surface area (Å²) in [5.74, 6) is -1.24. The Morgan fingerprint density at radius 2 is 1.39 bits per heavy atom. The third-order valence-electron chi connectivity index (χ3n) is 4.69. The van der Waals surface area contributed by atoms with Gasteiger partial charge in [0.25, 0.3) is 11.8 Å². The van der Waals surface area contributed by atoms with Crippen molar-refractivity contribution in [2.75, 3.05) is 12.4 Å². The molecule has 1 aromatic heterocycles. The van der Waals surface area contributed by atoms with E-state index >= 15 is 0 Å². The second kappa shape index (κ2) is 9.36. The number of ether oxygens (including phenoxy) is 1. The molecular formula is C23H20N2O5S. The number of aryl methyl sites for hydroxylation is 1. The highest BCUT2D eigenvalue weighted by Gasteiger charge is 2.23. The number of imide groups is 1. The van der Waals surface area contributed by atoms with E-state index in [4.69, 9.17) is 0 Å². The molecule has 0 saturated carbocycles. The van der Waals surface area contributed by atoms with Gasteiger partial charge in [-0.2, -0.15) is 0 Å². The number of amides is 3. The topological polar surface area (TPSA) is 102 Å². The van der Waals surface area contributed by atoms with Gasteiger partial charge in [0.2, 0.25) is 0 Å². The molecule has 0 radical (unpaired) electrons. The van der Waals surface area contributed by atoms with Crippen molar-refractivity contribution in [3.8, 4) is 0 Å². The molecule has 7 nitrogen and oxygen atoms in total. The van der Waals surface area contributed by atoms with Gasteiger partial charge in [0.1, 0.15) is 5.00 Å². The van der Waals surface area contributed by atoms with E-state index in [1.165, 1.54) is 11.3 Å². The van der Waals surface area contributed by atoms with Crippen LogP contribution in [0.4, 0.5) is 9.80 Å². The van der Waals surface area contributed by atoms with Gasteiger partial charge in [0.05, 0.1) is 12.7 Å². The lowest BCUT2D eigenvalue weighted by atomic mass is 10.0. The number of nitrogens with one attached hydrogen (secondary N) is 2. The third-order valence-corrected chi connectivity index (χ3v) is 5.81. The zero-order valence-electron chi connectivity index (χ0n) is 17.1. The van der Waals surface area contributed by atoms with Crippen LogP contribution in [0.5, 0.6) is 0 Å². The maximum Gasteiger partial charge on any atom is 0.413 e. The van der Waals surface area contributed by atoms with Gasteiger partial charge < -0.3 is 10.1 Å². The van der Waals surface area contributed by atoms with Gasteiger partial charge in [0, 0.05) is 21.6 Å². The van der Waals surface area contributed by atoms with Crippen LogP contribution >= 0.6 is 11.3 Å². The van der Waals surface area contributed by atoms with Gasteiger partial charge >= 0.3 is 6.09 Å². The van der Waals surface area contributed by atoms with E-state index in [1.54, 1.807) is 55.5 Å². The van der Waals surface area contributed by atoms with Gasteiger partial charge in [-0.25, -0.2) is 4.79 Å². The Hall–Kier alpha value is -3.78. The first-order chi connectivity index (χ1) is 14.8. The maximum atomic E-state index is 12.7. The minimum atomic E-state index is -0.885. The summed E-state index contributed by atoms with van der Waals surface area (Å²) in [5, 5.41) is 5.15. The first-order valence-electron chi connectivity index (χ1n) is 9.32. The summed E-state index contributed by atoms with van der Waals surface area (Å²) in [4.78, 5) is 49.9. The molecule has 0 aliphatic carbocycles. The van der Waals surface area contributed by atoms with Crippen LogP contribution in [0, 0.1) is 13.8 Å². The Morgan fingerprint density at radius 1 is 0.806 bits per heavy atom. The van der Waals surface area contributed by atoms with E-state index < -0.39 is 17.9 Å². The lowest BCUT2D eigenvalue weighted by molar-refractivity contribution is 0.0936. The number of carbonyl (C=O) groups is 4. The van der Waals surface area contributed by atoms with Crippen LogP contribution in [-0.4, -0.2) is 30.8 Å². The van der Waals surface area contributed by atoms with E-state index in [-0.39, 0.29) is 11.3 Å². The van der Waals surface area contributed by atoms with Crippen molar-refractivity contribution in [2.45, 2.75) is 13.8 Å². The highest BCUT2D eigenvalue weighted by Crippen LogP contribution is 2.32. The number of thiophene rings is 1. The second-order valence-corrected chi connectivity index (χ2v) is 7.88. The van der Waals surface area contributed by atoms with E-state index in [2.05, 4.69) is 15.4 Å². The van der Waals surface area contributed by atoms with Crippen LogP contribution in [0.3, 0.4) is 0 Å². The second-order valence-electron chi connectivity index (χ2n) is 6.66. The molecule has 158 valence electrons. The lowest BCUT2D eigenvalue weighted by Crippen LogP contribution is -2.31. The minimum absolute atomic E-state index is 0.140. The number of hydrogen-bond acceptors (Lipinski definition) is 6. The fraction of sp³-hybridized carbons (Fsp3) is 0.130. The molecule has 3 aromatic rings. The predicted molar refractivity (Wildman–Crippen MR) is 118 cm³/mol. The largest absolute Gasteiger partial charge is 0.453 e. The maximum absolute atomic E-state index is 12.7. The van der Waals surface area contributed by atoms with E-state index in [0.29, 0.717) is 27.3 Å². The molecule has 0 fully saturated rings. The zero-order chi connectivity index (χ0) is 22.5. The van der Waals surface area contributed by atoms with Gasteiger partial charge in [-0.1, -0.05) is 42.5 Å². The Morgan fingerprint density at radius 3 is 2.00 bits per heavy atom. The smallest absolute Gasteiger partial charge is 0.413 e. The molecule has 1 heterocycles. The van der Waals surface area contributed by atoms with E-state index in [9.17, 15) is 19.2 Å². The van der Waals surface area contributed by atoms with Crippen molar-refractivity contribution in [2.24, 2.45) is 0 Å². The van der Waals surface area contributed by atoms with Crippen LogP contribution in [-0.2, 0) is 4.74 Å². The van der Waals surface area contributed by atoms with Crippen molar-refractivity contribution < 1.29 is 23.9 Å². The molecule has 0 atom stereocenters. The Kier molecular flexibility index (Phi) is 6.61. The van der Waals surface area contributed by atoms with Crippen LogP contribution in [0.1, 0.15) is 47.1 Å². The molecule has 2 aromatic carbocycles. The summed E-state index contributed by atoms with van der Waals surface area (Å²) in [6.07, 6.45) is -0.885. The summed E-state index contributed by atoms with van der Waals surface area (Å²) < 4.78 is 4.46. The zero-order valence-corrected chi connectivity index (χ0v) is 18.0. The Bertz CT molecular complexity index is 1150. The number of anilines is 1. The number of alkyl carbamates (subject to hydrolysis) is 1. The first-order valence-corrected chi connectivity index (χ1v) is 10.1. The summed E-state index contributed by atoms with van der Waals surface area (Å²) in [7, 11) is 1.16. The highest BCUT2D eigenvalue weighted by atomic mass is 32.1. The summed E-state index contributed by atoms with van der Waals surface area (Å²) in [6, 6.07) is 15.1. The number of hydrogen-bond donors (Lipinski definition) is 2. The van der Waals surface area contributed by atoms with Crippen molar-refractivity contribution in [3.63, 3.8) is 0 Å². The summed E-state index contributed by atoms with van der Waals surface area (Å²) in [5.41, 5.74) is 2.21. The predicted octanol–water partition coefficient (Wildman–Crippen LogP) is 4.34. The van der Waals surface area contributed by atoms with Crippen molar-refractivity contribution in [1.82, 2.24) is 5.32 Å². The molecule has 0 saturated heterocycles. The number of carbonyl (C=O) groups excluding carboxylic acids is 4. The monoisotopic (exact) mass is 436 g/mol. The first kappa shape index (κ1) is 21.9. The number of methoxy groups -OCH3 is 1. The average molecular weight is 436 g/mol. The van der Waals surface area contributed by atoms with Gasteiger partial charge in [0.15, 0.2) is 5.78 Å². The van der Waals surface area contributed by atoms with Crippen LogP contribution in [0.15, 0.2) is 54.6 Å². The van der Waals surface area contributed by atoms with Gasteiger partial charge in [-0.15, -0.1) is 11.3 Å². The molecule has 0 aliphatic heterocycles. The highest BCUT2D eigenvalue weighted by molar-refractivity contribution is 7.16. The Labute approximate surface area is 183 Å². The number of ketones is 1. The fourth-order valence-corrected chi connectivity index (χ4v) is 3.95. The Balaban J connectivity index is 1.79. The molecule has 8 heteroatoms.